The minimum atomic E-state index is 0.804. The number of piperidine rings is 1. The molecule has 0 bridgehead atoms. The number of hydrogen-bond donors (Lipinski definition) is 1. The molecule has 1 aromatic heterocycles. The van der Waals surface area contributed by atoms with Gasteiger partial charge in [-0.1, -0.05) is 0 Å². The number of H-pyrrole nitrogens is 1. The van der Waals surface area contributed by atoms with Crippen LogP contribution in [-0.4, -0.2) is 62.4 Å². The van der Waals surface area contributed by atoms with Crippen molar-refractivity contribution in [2.75, 3.05) is 57.4 Å². The first-order valence-corrected chi connectivity index (χ1v) is 9.66. The summed E-state index contributed by atoms with van der Waals surface area (Å²) in [4.78, 5) is 8.47. The largest absolute Gasteiger partial charge is 0.494 e. The van der Waals surface area contributed by atoms with Crippen LogP contribution < -0.4 is 9.64 Å². The summed E-state index contributed by atoms with van der Waals surface area (Å²) < 4.78 is 11.4. The van der Waals surface area contributed by atoms with Crippen LogP contribution in [0.1, 0.15) is 12.8 Å². The van der Waals surface area contributed by atoms with Crippen molar-refractivity contribution >= 4 is 16.7 Å². The maximum atomic E-state index is 5.99. The highest BCUT2D eigenvalue weighted by atomic mass is 16.5. The number of aromatic nitrogens is 1. The number of fused-ring (bicyclic) bond motifs is 2. The Labute approximate surface area is 148 Å². The number of benzene rings is 1. The maximum absolute atomic E-state index is 5.99. The molecule has 1 aliphatic carbocycles. The van der Waals surface area contributed by atoms with Gasteiger partial charge in [0.25, 0.3) is 0 Å². The molecule has 25 heavy (non-hydrogen) atoms. The molecule has 3 fully saturated rings. The van der Waals surface area contributed by atoms with Crippen molar-refractivity contribution in [3.8, 4) is 5.75 Å². The molecule has 2 aliphatic heterocycles. The number of morpholine rings is 1. The minimum absolute atomic E-state index is 0.804. The fourth-order valence-corrected chi connectivity index (χ4v) is 4.32. The smallest absolute Gasteiger partial charge is 0.120 e. The van der Waals surface area contributed by atoms with E-state index < -0.39 is 0 Å². The summed E-state index contributed by atoms with van der Waals surface area (Å²) in [7, 11) is 0. The first kappa shape index (κ1) is 15.5. The molecular weight excluding hydrogens is 314 g/mol. The lowest BCUT2D eigenvalue weighted by molar-refractivity contribution is 0.122. The maximum Gasteiger partial charge on any atom is 0.120 e. The third-order valence-electron chi connectivity index (χ3n) is 5.87. The SMILES string of the molecule is c1cc2[nH]c(N3CCOCC3)cc2cc1OCCCN1CC2CC2C1. The van der Waals surface area contributed by atoms with Gasteiger partial charge in [-0.3, -0.25) is 0 Å². The Balaban J connectivity index is 1.16. The highest BCUT2D eigenvalue weighted by Gasteiger charge is 2.44. The first-order valence-electron chi connectivity index (χ1n) is 9.66. The van der Waals surface area contributed by atoms with Crippen LogP contribution in [-0.2, 0) is 4.74 Å². The predicted octanol–water partition coefficient (Wildman–Crippen LogP) is 2.73. The Morgan fingerprint density at radius 2 is 1.96 bits per heavy atom. The fraction of sp³-hybridized carbons (Fsp3) is 0.600. The van der Waals surface area contributed by atoms with Crippen molar-refractivity contribution < 1.29 is 9.47 Å². The van der Waals surface area contributed by atoms with Crippen LogP contribution >= 0.6 is 0 Å². The van der Waals surface area contributed by atoms with E-state index in [-0.39, 0.29) is 0 Å². The van der Waals surface area contributed by atoms with E-state index in [1.165, 1.54) is 42.8 Å². The van der Waals surface area contributed by atoms with E-state index in [1.54, 1.807) is 0 Å². The summed E-state index contributed by atoms with van der Waals surface area (Å²) in [5.74, 6) is 4.21. The molecule has 2 atom stereocenters. The number of hydrogen-bond acceptors (Lipinski definition) is 4. The predicted molar refractivity (Wildman–Crippen MR) is 99.5 cm³/mol. The molecule has 134 valence electrons. The normalized spacial score (nSPS) is 26.2. The lowest BCUT2D eigenvalue weighted by Gasteiger charge is -2.27. The number of nitrogens with one attached hydrogen (secondary N) is 1. The summed E-state index contributed by atoms with van der Waals surface area (Å²) in [5.41, 5.74) is 1.17. The topological polar surface area (TPSA) is 40.7 Å². The van der Waals surface area contributed by atoms with Crippen LogP contribution in [0.15, 0.2) is 24.3 Å². The monoisotopic (exact) mass is 341 g/mol. The van der Waals surface area contributed by atoms with Crippen molar-refractivity contribution in [1.82, 2.24) is 9.88 Å². The number of anilines is 1. The molecule has 2 aromatic rings. The number of ether oxygens (including phenoxy) is 2. The first-order chi connectivity index (χ1) is 12.3. The van der Waals surface area contributed by atoms with E-state index in [1.807, 2.05) is 0 Å². The molecule has 5 heteroatoms. The average Bonchev–Trinajstić information content (AvgIpc) is 3.07. The van der Waals surface area contributed by atoms with Gasteiger partial charge in [0.15, 0.2) is 0 Å². The van der Waals surface area contributed by atoms with Gasteiger partial charge in [-0.25, -0.2) is 0 Å². The zero-order chi connectivity index (χ0) is 16.6. The third kappa shape index (κ3) is 3.35. The van der Waals surface area contributed by atoms with Gasteiger partial charge in [-0.15, -0.1) is 0 Å². The Bertz CT molecular complexity index is 728. The Morgan fingerprint density at radius 3 is 2.80 bits per heavy atom. The zero-order valence-electron chi connectivity index (χ0n) is 14.7. The third-order valence-corrected chi connectivity index (χ3v) is 5.87. The van der Waals surface area contributed by atoms with Crippen molar-refractivity contribution in [3.63, 3.8) is 0 Å². The molecule has 3 heterocycles. The summed E-state index contributed by atoms with van der Waals surface area (Å²) in [6.07, 6.45) is 2.60. The highest BCUT2D eigenvalue weighted by molar-refractivity contribution is 5.85. The lowest BCUT2D eigenvalue weighted by atomic mass is 10.2. The van der Waals surface area contributed by atoms with Crippen LogP contribution in [0.4, 0.5) is 5.82 Å². The van der Waals surface area contributed by atoms with Crippen molar-refractivity contribution in [1.29, 1.82) is 0 Å². The Kier molecular flexibility index (Phi) is 4.06. The molecule has 2 saturated heterocycles. The standard InChI is InChI=1S/C20H27N3O2/c1(4-22-13-16-10-17(16)14-22)7-25-18-2-3-19-15(11-18)12-20(21-19)23-5-8-24-9-6-23/h2-3,11-12,16-17,21H,1,4-10,13-14H2. The van der Waals surface area contributed by atoms with Crippen LogP contribution in [0.2, 0.25) is 0 Å². The molecule has 0 amide bonds. The van der Waals surface area contributed by atoms with Crippen molar-refractivity contribution in [2.45, 2.75) is 12.8 Å². The lowest BCUT2D eigenvalue weighted by Crippen LogP contribution is -2.36. The van der Waals surface area contributed by atoms with E-state index in [0.29, 0.717) is 0 Å². The van der Waals surface area contributed by atoms with Crippen LogP contribution in [0, 0.1) is 11.8 Å². The second kappa shape index (κ2) is 6.54. The van der Waals surface area contributed by atoms with Gasteiger partial charge in [-0.05, 0) is 48.9 Å². The van der Waals surface area contributed by atoms with Crippen molar-refractivity contribution in [2.24, 2.45) is 11.8 Å². The summed E-state index contributed by atoms with van der Waals surface area (Å²) in [6.45, 7) is 8.15. The van der Waals surface area contributed by atoms with Gasteiger partial charge >= 0.3 is 0 Å². The van der Waals surface area contributed by atoms with E-state index >= 15 is 0 Å². The zero-order valence-corrected chi connectivity index (χ0v) is 14.7. The Morgan fingerprint density at radius 1 is 1.12 bits per heavy atom. The van der Waals surface area contributed by atoms with Gasteiger partial charge < -0.3 is 24.3 Å². The molecule has 0 radical (unpaired) electrons. The molecule has 1 N–H and O–H groups in total. The minimum Gasteiger partial charge on any atom is -0.494 e. The second-order valence-corrected chi connectivity index (χ2v) is 7.72. The van der Waals surface area contributed by atoms with Gasteiger partial charge in [0.2, 0.25) is 0 Å². The highest BCUT2D eigenvalue weighted by Crippen LogP contribution is 2.44. The van der Waals surface area contributed by atoms with Gasteiger partial charge in [0, 0.05) is 43.6 Å². The van der Waals surface area contributed by atoms with E-state index in [2.05, 4.69) is 39.0 Å². The quantitative estimate of drug-likeness (QED) is 0.820. The summed E-state index contributed by atoms with van der Waals surface area (Å²) in [5, 5.41) is 1.22. The fourth-order valence-electron chi connectivity index (χ4n) is 4.32. The average molecular weight is 341 g/mol. The molecule has 0 spiro atoms. The van der Waals surface area contributed by atoms with Crippen LogP contribution in [0.3, 0.4) is 0 Å². The number of likely N-dealkylation sites (tertiary alicyclic amines) is 1. The molecule has 5 nitrogen and oxygen atoms in total. The number of aromatic amines is 1. The number of rotatable bonds is 6. The molecule has 3 aliphatic rings. The van der Waals surface area contributed by atoms with Crippen LogP contribution in [0.5, 0.6) is 5.75 Å². The molecule has 1 saturated carbocycles. The van der Waals surface area contributed by atoms with Gasteiger partial charge in [0.1, 0.15) is 11.6 Å². The van der Waals surface area contributed by atoms with Crippen LogP contribution in [0.25, 0.3) is 10.9 Å². The van der Waals surface area contributed by atoms with E-state index in [4.69, 9.17) is 9.47 Å². The second-order valence-electron chi connectivity index (χ2n) is 7.72. The van der Waals surface area contributed by atoms with Crippen molar-refractivity contribution in [3.05, 3.63) is 24.3 Å². The number of nitrogens with zero attached hydrogens (tertiary/aromatic N) is 2. The van der Waals surface area contributed by atoms with Gasteiger partial charge in [-0.2, -0.15) is 0 Å². The Hall–Kier alpha value is -1.72. The summed E-state index contributed by atoms with van der Waals surface area (Å²) in [6, 6.07) is 8.58. The molecule has 1 aromatic carbocycles. The van der Waals surface area contributed by atoms with E-state index in [9.17, 15) is 0 Å². The molecular formula is C20H27N3O2. The summed E-state index contributed by atoms with van der Waals surface area (Å²) >= 11 is 0. The molecule has 2 unspecified atom stereocenters. The van der Waals surface area contributed by atoms with Gasteiger partial charge in [0.05, 0.1) is 19.8 Å². The van der Waals surface area contributed by atoms with E-state index in [0.717, 1.165) is 56.9 Å². The molecule has 5 rings (SSSR count).